The lowest BCUT2D eigenvalue weighted by molar-refractivity contribution is -0.124. The number of halogens is 1. The molecule has 6 heteroatoms. The molecule has 1 saturated heterocycles. The Morgan fingerprint density at radius 3 is 2.64 bits per heavy atom. The summed E-state index contributed by atoms with van der Waals surface area (Å²) in [7, 11) is 1.54. The lowest BCUT2D eigenvalue weighted by Crippen LogP contribution is -2.50. The summed E-state index contributed by atoms with van der Waals surface area (Å²) in [5, 5.41) is 3.77. The third-order valence-electron chi connectivity index (χ3n) is 3.94. The Bertz CT molecular complexity index is 473. The van der Waals surface area contributed by atoms with Crippen molar-refractivity contribution in [1.29, 1.82) is 0 Å². The molecule has 0 spiro atoms. The zero-order valence-electron chi connectivity index (χ0n) is 12.9. The van der Waals surface area contributed by atoms with E-state index < -0.39 is 6.04 Å². The maximum Gasteiger partial charge on any atom is 0.239 e. The highest BCUT2D eigenvalue weighted by atomic mass is 35.5. The van der Waals surface area contributed by atoms with Crippen LogP contribution in [0.5, 0.6) is 0 Å². The predicted octanol–water partition coefficient (Wildman–Crippen LogP) is 1.39. The molecule has 3 N–H and O–H groups in total. The van der Waals surface area contributed by atoms with Crippen LogP contribution in [0.3, 0.4) is 0 Å². The van der Waals surface area contributed by atoms with Crippen molar-refractivity contribution in [3.05, 3.63) is 34.9 Å². The molecule has 1 aromatic carbocycles. The molecule has 5 nitrogen and oxygen atoms in total. The third-order valence-corrected chi connectivity index (χ3v) is 4.19. The molecule has 1 aliphatic heterocycles. The number of hydrogen-bond acceptors (Lipinski definition) is 4. The summed E-state index contributed by atoms with van der Waals surface area (Å²) in [4.78, 5) is 14.3. The molecule has 1 atom stereocenters. The SMILES string of the molecule is COCC(N)C(=O)NC1CCN(Cc2ccc(Cl)cc2)CC1. The first-order chi connectivity index (χ1) is 10.6. The topological polar surface area (TPSA) is 67.6 Å². The maximum atomic E-state index is 11.9. The van der Waals surface area contributed by atoms with E-state index in [9.17, 15) is 4.79 Å². The van der Waals surface area contributed by atoms with Gasteiger partial charge in [0.05, 0.1) is 6.61 Å². The normalized spacial score (nSPS) is 18.1. The lowest BCUT2D eigenvalue weighted by atomic mass is 10.0. The van der Waals surface area contributed by atoms with E-state index in [-0.39, 0.29) is 18.6 Å². The van der Waals surface area contributed by atoms with Crippen molar-refractivity contribution in [3.63, 3.8) is 0 Å². The molecule has 0 aliphatic carbocycles. The summed E-state index contributed by atoms with van der Waals surface area (Å²) >= 11 is 5.90. The highest BCUT2D eigenvalue weighted by Crippen LogP contribution is 2.16. The van der Waals surface area contributed by atoms with Gasteiger partial charge in [0.15, 0.2) is 0 Å². The van der Waals surface area contributed by atoms with Gasteiger partial charge in [0.25, 0.3) is 0 Å². The number of benzene rings is 1. The smallest absolute Gasteiger partial charge is 0.239 e. The van der Waals surface area contributed by atoms with Crippen LogP contribution in [0.25, 0.3) is 0 Å². The molecule has 1 unspecified atom stereocenters. The summed E-state index contributed by atoms with van der Waals surface area (Å²) in [6.07, 6.45) is 1.89. The van der Waals surface area contributed by atoms with Gasteiger partial charge in [0.1, 0.15) is 6.04 Å². The van der Waals surface area contributed by atoms with Gasteiger partial charge in [-0.1, -0.05) is 23.7 Å². The number of nitrogens with zero attached hydrogens (tertiary/aromatic N) is 1. The van der Waals surface area contributed by atoms with Crippen molar-refractivity contribution in [1.82, 2.24) is 10.2 Å². The zero-order chi connectivity index (χ0) is 15.9. The standard InChI is InChI=1S/C16H24ClN3O2/c1-22-11-15(18)16(21)19-14-6-8-20(9-7-14)10-12-2-4-13(17)5-3-12/h2-5,14-15H,6-11,18H2,1H3,(H,19,21). The molecule has 0 bridgehead atoms. The van der Waals surface area contributed by atoms with Gasteiger partial charge < -0.3 is 15.8 Å². The van der Waals surface area contributed by atoms with Crippen molar-refractivity contribution in [3.8, 4) is 0 Å². The van der Waals surface area contributed by atoms with Crippen molar-refractivity contribution >= 4 is 17.5 Å². The number of carbonyl (C=O) groups is 1. The van der Waals surface area contributed by atoms with Crippen LogP contribution < -0.4 is 11.1 Å². The lowest BCUT2D eigenvalue weighted by Gasteiger charge is -2.32. The molecular formula is C16H24ClN3O2. The first-order valence-corrected chi connectivity index (χ1v) is 7.98. The molecule has 122 valence electrons. The van der Waals surface area contributed by atoms with Crippen LogP contribution >= 0.6 is 11.6 Å². The summed E-state index contributed by atoms with van der Waals surface area (Å²) in [5.74, 6) is -0.127. The zero-order valence-corrected chi connectivity index (χ0v) is 13.7. The van der Waals surface area contributed by atoms with Crippen LogP contribution in [-0.4, -0.2) is 49.7 Å². The molecule has 1 heterocycles. The number of likely N-dealkylation sites (tertiary alicyclic amines) is 1. The molecule has 2 rings (SSSR count). The summed E-state index contributed by atoms with van der Waals surface area (Å²) in [6.45, 7) is 3.10. The summed E-state index contributed by atoms with van der Waals surface area (Å²) in [5.41, 5.74) is 6.99. The molecule has 1 amide bonds. The maximum absolute atomic E-state index is 11.9. The van der Waals surface area contributed by atoms with E-state index >= 15 is 0 Å². The van der Waals surface area contributed by atoms with Gasteiger partial charge in [-0.2, -0.15) is 0 Å². The molecule has 1 fully saturated rings. The van der Waals surface area contributed by atoms with Crippen molar-refractivity contribution < 1.29 is 9.53 Å². The number of hydrogen-bond donors (Lipinski definition) is 2. The monoisotopic (exact) mass is 325 g/mol. The number of nitrogens with two attached hydrogens (primary N) is 1. The highest BCUT2D eigenvalue weighted by Gasteiger charge is 2.22. The van der Waals surface area contributed by atoms with E-state index in [1.807, 2.05) is 12.1 Å². The number of carbonyl (C=O) groups excluding carboxylic acids is 1. The Morgan fingerprint density at radius 2 is 2.05 bits per heavy atom. The van der Waals surface area contributed by atoms with Crippen molar-refractivity contribution in [2.24, 2.45) is 5.73 Å². The average molecular weight is 326 g/mol. The largest absolute Gasteiger partial charge is 0.383 e. The first kappa shape index (κ1) is 17.2. The summed E-state index contributed by atoms with van der Waals surface area (Å²) in [6, 6.07) is 7.57. The fourth-order valence-corrected chi connectivity index (χ4v) is 2.77. The number of rotatable bonds is 6. The Morgan fingerprint density at radius 1 is 1.41 bits per heavy atom. The van der Waals surface area contributed by atoms with Crippen molar-refractivity contribution in [2.45, 2.75) is 31.5 Å². The molecule has 1 aliphatic rings. The number of amides is 1. The van der Waals surface area contributed by atoms with Crippen LogP contribution in [-0.2, 0) is 16.1 Å². The summed E-state index contributed by atoms with van der Waals surface area (Å²) < 4.78 is 4.90. The number of nitrogens with one attached hydrogen (secondary N) is 1. The van der Waals surface area contributed by atoms with Crippen LogP contribution in [0.1, 0.15) is 18.4 Å². The van der Waals surface area contributed by atoms with Gasteiger partial charge in [0, 0.05) is 37.8 Å². The number of piperidine rings is 1. The van der Waals surface area contributed by atoms with Gasteiger partial charge in [0.2, 0.25) is 5.91 Å². The van der Waals surface area contributed by atoms with Crippen molar-refractivity contribution in [2.75, 3.05) is 26.8 Å². The number of methoxy groups -OCH3 is 1. The molecule has 22 heavy (non-hydrogen) atoms. The molecule has 1 aromatic rings. The Labute approximate surface area is 136 Å². The average Bonchev–Trinajstić information content (AvgIpc) is 2.51. The Hall–Kier alpha value is -1.14. The predicted molar refractivity (Wildman–Crippen MR) is 87.7 cm³/mol. The van der Waals surface area contributed by atoms with E-state index in [0.717, 1.165) is 37.5 Å². The van der Waals surface area contributed by atoms with Gasteiger partial charge >= 0.3 is 0 Å². The van der Waals surface area contributed by atoms with E-state index in [0.29, 0.717) is 0 Å². The van der Waals surface area contributed by atoms with Crippen LogP contribution in [0.4, 0.5) is 0 Å². The van der Waals surface area contributed by atoms with E-state index in [2.05, 4.69) is 22.3 Å². The highest BCUT2D eigenvalue weighted by molar-refractivity contribution is 6.30. The molecule has 0 saturated carbocycles. The third kappa shape index (κ3) is 5.25. The number of ether oxygens (including phenoxy) is 1. The molecule has 0 radical (unpaired) electrons. The molecule has 0 aromatic heterocycles. The second-order valence-electron chi connectivity index (χ2n) is 5.75. The first-order valence-electron chi connectivity index (χ1n) is 7.60. The van der Waals surface area contributed by atoms with E-state index in [1.165, 1.54) is 5.56 Å². The fourth-order valence-electron chi connectivity index (χ4n) is 2.65. The quantitative estimate of drug-likeness (QED) is 0.829. The minimum absolute atomic E-state index is 0.127. The van der Waals surface area contributed by atoms with E-state index in [4.69, 9.17) is 22.1 Å². The van der Waals surface area contributed by atoms with Gasteiger partial charge in [-0.25, -0.2) is 0 Å². The van der Waals surface area contributed by atoms with Crippen LogP contribution in [0.2, 0.25) is 5.02 Å². The Kier molecular flexibility index (Phi) is 6.64. The minimum Gasteiger partial charge on any atom is -0.383 e. The second-order valence-corrected chi connectivity index (χ2v) is 6.18. The second kappa shape index (κ2) is 8.48. The molecular weight excluding hydrogens is 302 g/mol. The Balaban J connectivity index is 1.73. The van der Waals surface area contributed by atoms with E-state index in [1.54, 1.807) is 7.11 Å². The van der Waals surface area contributed by atoms with Gasteiger partial charge in [-0.05, 0) is 30.5 Å². The van der Waals surface area contributed by atoms with Crippen LogP contribution in [0.15, 0.2) is 24.3 Å². The van der Waals surface area contributed by atoms with Gasteiger partial charge in [-0.15, -0.1) is 0 Å². The van der Waals surface area contributed by atoms with Crippen LogP contribution in [0, 0.1) is 0 Å². The van der Waals surface area contributed by atoms with Gasteiger partial charge in [-0.3, -0.25) is 9.69 Å². The minimum atomic E-state index is -0.586. The fraction of sp³-hybridized carbons (Fsp3) is 0.562.